The van der Waals surface area contributed by atoms with E-state index < -0.39 is 5.67 Å². The van der Waals surface area contributed by atoms with Crippen LogP contribution in [0.3, 0.4) is 0 Å². The average molecular weight is 273 g/mol. The first-order chi connectivity index (χ1) is 7.20. The van der Waals surface area contributed by atoms with E-state index in [1.807, 2.05) is 24.3 Å². The molecule has 3 heteroatoms. The molecule has 15 heavy (non-hydrogen) atoms. The van der Waals surface area contributed by atoms with Crippen LogP contribution in [-0.4, -0.2) is 18.9 Å². The number of halogens is 2. The van der Waals surface area contributed by atoms with Gasteiger partial charge in [-0.3, -0.25) is 0 Å². The molecule has 1 aromatic carbocycles. The molecule has 2 rings (SSSR count). The highest BCUT2D eigenvalue weighted by molar-refractivity contribution is 9.10. The maximum atomic E-state index is 14.3. The molecule has 1 saturated heterocycles. The van der Waals surface area contributed by atoms with Gasteiger partial charge in [-0.15, -0.1) is 0 Å². The quantitative estimate of drug-likeness (QED) is 0.801. The molecule has 0 unspecified atom stereocenters. The van der Waals surface area contributed by atoms with E-state index in [2.05, 4.69) is 15.9 Å². The SMILES string of the molecule is FC1(Cc2ccccc2Br)CCOCC1. The Morgan fingerprint density at radius 1 is 1.27 bits per heavy atom. The van der Waals surface area contributed by atoms with E-state index in [0.29, 0.717) is 32.5 Å². The fraction of sp³-hybridized carbons (Fsp3) is 0.500. The lowest BCUT2D eigenvalue weighted by molar-refractivity contribution is -0.00823. The third-order valence-electron chi connectivity index (χ3n) is 2.85. The van der Waals surface area contributed by atoms with E-state index in [1.54, 1.807) is 0 Å². The van der Waals surface area contributed by atoms with Gasteiger partial charge in [0.2, 0.25) is 0 Å². The Balaban J connectivity index is 2.10. The van der Waals surface area contributed by atoms with E-state index >= 15 is 0 Å². The summed E-state index contributed by atoms with van der Waals surface area (Å²) in [5, 5.41) is 0. The molecular weight excluding hydrogens is 259 g/mol. The van der Waals surface area contributed by atoms with Crippen molar-refractivity contribution in [3.8, 4) is 0 Å². The summed E-state index contributed by atoms with van der Waals surface area (Å²) in [6, 6.07) is 7.82. The highest BCUT2D eigenvalue weighted by Gasteiger charge is 2.32. The van der Waals surface area contributed by atoms with Gasteiger partial charge in [0, 0.05) is 36.9 Å². The molecule has 0 amide bonds. The molecule has 0 atom stereocenters. The zero-order valence-electron chi connectivity index (χ0n) is 8.51. The third-order valence-corrected chi connectivity index (χ3v) is 3.63. The van der Waals surface area contributed by atoms with Gasteiger partial charge in [0.1, 0.15) is 5.67 Å². The molecule has 0 bridgehead atoms. The lowest BCUT2D eigenvalue weighted by Gasteiger charge is -2.29. The van der Waals surface area contributed by atoms with Crippen LogP contribution in [0.5, 0.6) is 0 Å². The second-order valence-electron chi connectivity index (χ2n) is 4.03. The summed E-state index contributed by atoms with van der Waals surface area (Å²) in [5.74, 6) is 0. The number of rotatable bonds is 2. The smallest absolute Gasteiger partial charge is 0.119 e. The summed E-state index contributed by atoms with van der Waals surface area (Å²) in [5.41, 5.74) is -0.0378. The van der Waals surface area contributed by atoms with Gasteiger partial charge in [-0.05, 0) is 11.6 Å². The van der Waals surface area contributed by atoms with Crippen LogP contribution in [0.2, 0.25) is 0 Å². The lowest BCUT2D eigenvalue weighted by Crippen LogP contribution is -2.33. The molecule has 1 aliphatic heterocycles. The van der Waals surface area contributed by atoms with Gasteiger partial charge in [-0.2, -0.15) is 0 Å². The first-order valence-corrected chi connectivity index (χ1v) is 5.99. The second kappa shape index (κ2) is 4.62. The van der Waals surface area contributed by atoms with E-state index in [4.69, 9.17) is 4.74 Å². The van der Waals surface area contributed by atoms with E-state index in [1.165, 1.54) is 0 Å². The van der Waals surface area contributed by atoms with Gasteiger partial charge < -0.3 is 4.74 Å². The highest BCUT2D eigenvalue weighted by atomic mass is 79.9. The predicted molar refractivity (Wildman–Crippen MR) is 61.7 cm³/mol. The summed E-state index contributed by atoms with van der Waals surface area (Å²) in [6.07, 6.45) is 1.50. The molecule has 1 aromatic rings. The Kier molecular flexibility index (Phi) is 3.42. The normalized spacial score (nSPS) is 20.1. The summed E-state index contributed by atoms with van der Waals surface area (Å²) >= 11 is 3.45. The van der Waals surface area contributed by atoms with Crippen molar-refractivity contribution in [3.63, 3.8) is 0 Å². The topological polar surface area (TPSA) is 9.23 Å². The molecule has 1 aliphatic rings. The molecule has 0 saturated carbocycles. The summed E-state index contributed by atoms with van der Waals surface area (Å²) in [4.78, 5) is 0. The van der Waals surface area contributed by atoms with Gasteiger partial charge in [-0.1, -0.05) is 34.1 Å². The Morgan fingerprint density at radius 2 is 1.93 bits per heavy atom. The number of alkyl halides is 1. The van der Waals surface area contributed by atoms with Crippen molar-refractivity contribution in [1.82, 2.24) is 0 Å². The van der Waals surface area contributed by atoms with Crippen LogP contribution in [0.1, 0.15) is 18.4 Å². The second-order valence-corrected chi connectivity index (χ2v) is 4.89. The Hall–Kier alpha value is -0.410. The molecular formula is C12H14BrFO. The van der Waals surface area contributed by atoms with Gasteiger partial charge in [0.25, 0.3) is 0 Å². The van der Waals surface area contributed by atoms with E-state index in [9.17, 15) is 4.39 Å². The molecule has 1 heterocycles. The summed E-state index contributed by atoms with van der Waals surface area (Å²) in [6.45, 7) is 1.09. The first kappa shape index (κ1) is 11.1. The predicted octanol–water partition coefficient (Wildman–Crippen LogP) is 3.51. The standard InChI is InChI=1S/C12H14BrFO/c13-11-4-2-1-3-10(11)9-12(14)5-7-15-8-6-12/h1-4H,5-9H2. The van der Waals surface area contributed by atoms with E-state index in [0.717, 1.165) is 10.0 Å². The molecule has 1 fully saturated rings. The molecule has 0 aliphatic carbocycles. The average Bonchev–Trinajstić information content (AvgIpc) is 2.22. The van der Waals surface area contributed by atoms with Crippen molar-refractivity contribution in [2.75, 3.05) is 13.2 Å². The summed E-state index contributed by atoms with van der Waals surface area (Å²) < 4.78 is 20.5. The fourth-order valence-corrected chi connectivity index (χ4v) is 2.32. The number of ether oxygens (including phenoxy) is 1. The number of hydrogen-bond donors (Lipinski definition) is 0. The zero-order chi connectivity index (χ0) is 10.7. The molecule has 1 nitrogen and oxygen atoms in total. The van der Waals surface area contributed by atoms with Crippen LogP contribution in [0, 0.1) is 0 Å². The number of hydrogen-bond acceptors (Lipinski definition) is 1. The van der Waals surface area contributed by atoms with Crippen LogP contribution < -0.4 is 0 Å². The minimum Gasteiger partial charge on any atom is -0.381 e. The zero-order valence-corrected chi connectivity index (χ0v) is 10.1. The largest absolute Gasteiger partial charge is 0.381 e. The fourth-order valence-electron chi connectivity index (χ4n) is 1.90. The van der Waals surface area contributed by atoms with Crippen molar-refractivity contribution in [1.29, 1.82) is 0 Å². The van der Waals surface area contributed by atoms with Crippen molar-refractivity contribution in [2.45, 2.75) is 24.9 Å². The minimum atomic E-state index is -1.08. The maximum Gasteiger partial charge on any atom is 0.119 e. The monoisotopic (exact) mass is 272 g/mol. The molecule has 0 N–H and O–H groups in total. The maximum absolute atomic E-state index is 14.3. The molecule has 0 aromatic heterocycles. The van der Waals surface area contributed by atoms with Crippen molar-refractivity contribution < 1.29 is 9.13 Å². The molecule has 0 spiro atoms. The van der Waals surface area contributed by atoms with Crippen LogP contribution in [-0.2, 0) is 11.2 Å². The highest BCUT2D eigenvalue weighted by Crippen LogP contribution is 2.31. The van der Waals surface area contributed by atoms with Gasteiger partial charge in [0.15, 0.2) is 0 Å². The van der Waals surface area contributed by atoms with Crippen LogP contribution >= 0.6 is 15.9 Å². The summed E-state index contributed by atoms with van der Waals surface area (Å²) in [7, 11) is 0. The number of benzene rings is 1. The lowest BCUT2D eigenvalue weighted by atomic mass is 9.89. The molecule has 82 valence electrons. The van der Waals surface area contributed by atoms with Crippen molar-refractivity contribution in [2.24, 2.45) is 0 Å². The van der Waals surface area contributed by atoms with Crippen LogP contribution in [0.4, 0.5) is 4.39 Å². The Labute approximate surface area is 97.8 Å². The minimum absolute atomic E-state index is 0.484. The Morgan fingerprint density at radius 3 is 2.60 bits per heavy atom. The Bertz CT molecular complexity index is 334. The van der Waals surface area contributed by atoms with Gasteiger partial charge >= 0.3 is 0 Å². The van der Waals surface area contributed by atoms with Crippen molar-refractivity contribution in [3.05, 3.63) is 34.3 Å². The van der Waals surface area contributed by atoms with Crippen LogP contribution in [0.25, 0.3) is 0 Å². The van der Waals surface area contributed by atoms with E-state index in [-0.39, 0.29) is 0 Å². The van der Waals surface area contributed by atoms with Gasteiger partial charge in [-0.25, -0.2) is 4.39 Å². The van der Waals surface area contributed by atoms with Crippen molar-refractivity contribution >= 4 is 15.9 Å². The molecule has 0 radical (unpaired) electrons. The first-order valence-electron chi connectivity index (χ1n) is 5.20. The van der Waals surface area contributed by atoms with Gasteiger partial charge in [0.05, 0.1) is 0 Å². The third kappa shape index (κ3) is 2.79. The van der Waals surface area contributed by atoms with Crippen LogP contribution in [0.15, 0.2) is 28.7 Å².